The van der Waals surface area contributed by atoms with Gasteiger partial charge in [-0.2, -0.15) is 0 Å². The minimum absolute atomic E-state index is 0.122. The molecule has 0 bridgehead atoms. The third-order valence-electron chi connectivity index (χ3n) is 1.82. The van der Waals surface area contributed by atoms with Crippen LogP contribution in [0.25, 0.3) is 0 Å². The van der Waals surface area contributed by atoms with Crippen molar-refractivity contribution in [3.63, 3.8) is 0 Å². The van der Waals surface area contributed by atoms with E-state index in [0.717, 1.165) is 5.56 Å². The Morgan fingerprint density at radius 2 is 2.08 bits per heavy atom. The Morgan fingerprint density at radius 3 is 2.50 bits per heavy atom. The van der Waals surface area contributed by atoms with Crippen molar-refractivity contribution in [1.29, 1.82) is 0 Å². The fourth-order valence-electron chi connectivity index (χ4n) is 1.04. The van der Waals surface area contributed by atoms with Gasteiger partial charge in [0.1, 0.15) is 0 Å². The van der Waals surface area contributed by atoms with Gasteiger partial charge in [0, 0.05) is 12.4 Å². The molecule has 0 radical (unpaired) electrons. The predicted molar refractivity (Wildman–Crippen MR) is 48.7 cm³/mol. The van der Waals surface area contributed by atoms with Gasteiger partial charge in [-0.3, -0.25) is 4.98 Å². The standard InChI is InChI=1S/C10H15NO/c1-10(2,3)9(12)8-5-4-6-11-7-8/h4-7,9,12H,1-3H3/t9-/m0/s1. The van der Waals surface area contributed by atoms with Gasteiger partial charge in [0.05, 0.1) is 6.10 Å². The molecule has 0 saturated carbocycles. The zero-order valence-corrected chi connectivity index (χ0v) is 7.78. The molecule has 0 aliphatic rings. The highest BCUT2D eigenvalue weighted by Crippen LogP contribution is 2.31. The summed E-state index contributed by atoms with van der Waals surface area (Å²) in [6.45, 7) is 6.01. The van der Waals surface area contributed by atoms with E-state index in [4.69, 9.17) is 0 Å². The molecule has 12 heavy (non-hydrogen) atoms. The minimum Gasteiger partial charge on any atom is -0.388 e. The van der Waals surface area contributed by atoms with Crippen molar-refractivity contribution in [1.82, 2.24) is 4.98 Å². The molecule has 1 atom stereocenters. The molecule has 0 amide bonds. The first-order valence-electron chi connectivity index (χ1n) is 4.10. The molecular formula is C10H15NO. The molecular weight excluding hydrogens is 150 g/mol. The van der Waals surface area contributed by atoms with Crippen molar-refractivity contribution in [2.75, 3.05) is 0 Å². The van der Waals surface area contributed by atoms with Gasteiger partial charge in [-0.25, -0.2) is 0 Å². The lowest BCUT2D eigenvalue weighted by Crippen LogP contribution is -2.17. The average molecular weight is 165 g/mol. The van der Waals surface area contributed by atoms with Crippen LogP contribution in [0.1, 0.15) is 32.4 Å². The molecule has 0 spiro atoms. The van der Waals surface area contributed by atoms with E-state index in [0.29, 0.717) is 0 Å². The van der Waals surface area contributed by atoms with Crippen molar-refractivity contribution < 1.29 is 5.11 Å². The summed E-state index contributed by atoms with van der Waals surface area (Å²) < 4.78 is 0. The summed E-state index contributed by atoms with van der Waals surface area (Å²) in [5.74, 6) is 0. The van der Waals surface area contributed by atoms with Crippen LogP contribution < -0.4 is 0 Å². The Balaban J connectivity index is 2.86. The molecule has 0 aliphatic carbocycles. The van der Waals surface area contributed by atoms with E-state index >= 15 is 0 Å². The van der Waals surface area contributed by atoms with Gasteiger partial charge in [0.15, 0.2) is 0 Å². The zero-order valence-electron chi connectivity index (χ0n) is 7.78. The van der Waals surface area contributed by atoms with E-state index in [9.17, 15) is 5.11 Å². The summed E-state index contributed by atoms with van der Waals surface area (Å²) >= 11 is 0. The van der Waals surface area contributed by atoms with Crippen LogP contribution >= 0.6 is 0 Å². The number of aromatic nitrogens is 1. The highest BCUT2D eigenvalue weighted by molar-refractivity contribution is 5.13. The second kappa shape index (κ2) is 3.23. The second-order valence-electron chi connectivity index (χ2n) is 4.05. The molecule has 1 heterocycles. The van der Waals surface area contributed by atoms with Gasteiger partial charge in [-0.1, -0.05) is 26.8 Å². The Bertz CT molecular complexity index is 238. The number of aliphatic hydroxyl groups excluding tert-OH is 1. The third kappa shape index (κ3) is 2.05. The van der Waals surface area contributed by atoms with Crippen molar-refractivity contribution in [2.24, 2.45) is 5.41 Å². The topological polar surface area (TPSA) is 33.1 Å². The van der Waals surface area contributed by atoms with Gasteiger partial charge in [0.25, 0.3) is 0 Å². The number of rotatable bonds is 1. The van der Waals surface area contributed by atoms with Gasteiger partial charge in [-0.05, 0) is 17.0 Å². The summed E-state index contributed by atoms with van der Waals surface area (Å²) in [5.41, 5.74) is 0.758. The number of hydrogen-bond donors (Lipinski definition) is 1. The molecule has 0 aromatic carbocycles. The third-order valence-corrected chi connectivity index (χ3v) is 1.82. The van der Waals surface area contributed by atoms with E-state index in [1.165, 1.54) is 0 Å². The first kappa shape index (κ1) is 9.20. The molecule has 1 aromatic heterocycles. The van der Waals surface area contributed by atoms with E-state index in [-0.39, 0.29) is 5.41 Å². The molecule has 0 aliphatic heterocycles. The Morgan fingerprint density at radius 1 is 1.42 bits per heavy atom. The first-order valence-corrected chi connectivity index (χ1v) is 4.10. The summed E-state index contributed by atoms with van der Waals surface area (Å²) in [5, 5.41) is 9.82. The van der Waals surface area contributed by atoms with Gasteiger partial charge in [-0.15, -0.1) is 0 Å². The maximum Gasteiger partial charge on any atom is 0.0853 e. The molecule has 0 saturated heterocycles. The van der Waals surface area contributed by atoms with E-state index in [1.54, 1.807) is 12.4 Å². The molecule has 2 nitrogen and oxygen atoms in total. The van der Waals surface area contributed by atoms with Gasteiger partial charge in [0.2, 0.25) is 0 Å². The normalized spacial score (nSPS) is 14.3. The second-order valence-corrected chi connectivity index (χ2v) is 4.05. The molecule has 66 valence electrons. The maximum atomic E-state index is 9.82. The van der Waals surface area contributed by atoms with Crippen LogP contribution in [0.4, 0.5) is 0 Å². The van der Waals surface area contributed by atoms with Gasteiger partial charge < -0.3 is 5.11 Å². The van der Waals surface area contributed by atoms with E-state index in [2.05, 4.69) is 4.98 Å². The number of pyridine rings is 1. The van der Waals surface area contributed by atoms with Crippen molar-refractivity contribution >= 4 is 0 Å². The van der Waals surface area contributed by atoms with Crippen LogP contribution in [-0.2, 0) is 0 Å². The lowest BCUT2D eigenvalue weighted by Gasteiger charge is -2.25. The fraction of sp³-hybridized carbons (Fsp3) is 0.500. The summed E-state index contributed by atoms with van der Waals surface area (Å²) in [6, 6.07) is 3.73. The predicted octanol–water partition coefficient (Wildman–Crippen LogP) is 2.16. The highest BCUT2D eigenvalue weighted by atomic mass is 16.3. The largest absolute Gasteiger partial charge is 0.388 e. The molecule has 1 rings (SSSR count). The van der Waals surface area contributed by atoms with Crippen LogP contribution in [-0.4, -0.2) is 10.1 Å². The summed E-state index contributed by atoms with van der Waals surface area (Å²) in [6.07, 6.45) is 2.97. The number of hydrogen-bond acceptors (Lipinski definition) is 2. The van der Waals surface area contributed by atoms with Crippen molar-refractivity contribution in [2.45, 2.75) is 26.9 Å². The lowest BCUT2D eigenvalue weighted by atomic mass is 9.85. The smallest absolute Gasteiger partial charge is 0.0853 e. The molecule has 0 unspecified atom stereocenters. The van der Waals surface area contributed by atoms with Crippen LogP contribution in [0, 0.1) is 5.41 Å². The zero-order chi connectivity index (χ0) is 9.19. The lowest BCUT2D eigenvalue weighted by molar-refractivity contribution is 0.0624. The quantitative estimate of drug-likeness (QED) is 0.691. The van der Waals surface area contributed by atoms with E-state index < -0.39 is 6.10 Å². The van der Waals surface area contributed by atoms with Crippen LogP contribution in [0.2, 0.25) is 0 Å². The minimum atomic E-state index is -0.439. The number of aliphatic hydroxyl groups is 1. The molecule has 2 heteroatoms. The van der Waals surface area contributed by atoms with Gasteiger partial charge >= 0.3 is 0 Å². The monoisotopic (exact) mass is 165 g/mol. The van der Waals surface area contributed by atoms with Crippen molar-refractivity contribution in [3.8, 4) is 0 Å². The van der Waals surface area contributed by atoms with E-state index in [1.807, 2.05) is 32.9 Å². The Hall–Kier alpha value is -0.890. The van der Waals surface area contributed by atoms with Crippen LogP contribution in [0.5, 0.6) is 0 Å². The Labute approximate surface area is 73.3 Å². The highest BCUT2D eigenvalue weighted by Gasteiger charge is 2.23. The molecule has 1 aromatic rings. The Kier molecular flexibility index (Phi) is 2.48. The average Bonchev–Trinajstić information content (AvgIpc) is 2.03. The summed E-state index contributed by atoms with van der Waals surface area (Å²) in [4.78, 5) is 3.96. The van der Waals surface area contributed by atoms with Crippen LogP contribution in [0.3, 0.4) is 0 Å². The van der Waals surface area contributed by atoms with Crippen molar-refractivity contribution in [3.05, 3.63) is 30.1 Å². The van der Waals surface area contributed by atoms with Crippen LogP contribution in [0.15, 0.2) is 24.5 Å². The SMILES string of the molecule is CC(C)(C)[C@@H](O)c1cccnc1. The molecule has 1 N–H and O–H groups in total. The molecule has 0 fully saturated rings. The fourth-order valence-corrected chi connectivity index (χ4v) is 1.04. The first-order chi connectivity index (χ1) is 5.52. The number of nitrogens with zero attached hydrogens (tertiary/aromatic N) is 1. The summed E-state index contributed by atoms with van der Waals surface area (Å²) in [7, 11) is 0. The maximum absolute atomic E-state index is 9.82.